The van der Waals surface area contributed by atoms with Crippen LogP contribution in [0.2, 0.25) is 10.0 Å². The van der Waals surface area contributed by atoms with E-state index in [-0.39, 0.29) is 17.3 Å². The van der Waals surface area contributed by atoms with Crippen molar-refractivity contribution in [2.45, 2.75) is 63.5 Å². The number of cyclic esters (lactones) is 1. The highest BCUT2D eigenvalue weighted by Gasteiger charge is 2.44. The van der Waals surface area contributed by atoms with Gasteiger partial charge in [-0.3, -0.25) is 10.2 Å². The van der Waals surface area contributed by atoms with Gasteiger partial charge in [-0.2, -0.15) is 4.98 Å². The van der Waals surface area contributed by atoms with Crippen molar-refractivity contribution >= 4 is 46.8 Å². The van der Waals surface area contributed by atoms with E-state index in [9.17, 15) is 14.8 Å². The molecule has 0 spiro atoms. The fourth-order valence-corrected chi connectivity index (χ4v) is 6.08. The summed E-state index contributed by atoms with van der Waals surface area (Å²) in [7, 11) is 3.43. The molecule has 13 heteroatoms. The number of benzene rings is 2. The Morgan fingerprint density at radius 2 is 1.69 bits per heavy atom. The molecule has 2 aliphatic heterocycles. The van der Waals surface area contributed by atoms with Crippen molar-refractivity contribution in [2.75, 3.05) is 37.8 Å². The molecule has 242 valence electrons. The van der Waals surface area contributed by atoms with E-state index >= 15 is 0 Å². The summed E-state index contributed by atoms with van der Waals surface area (Å²) in [5.74, 6) is 0.946. The Kier molecular flexibility index (Phi) is 11.0. The summed E-state index contributed by atoms with van der Waals surface area (Å²) in [5.41, 5.74) is 8.41. The van der Waals surface area contributed by atoms with Crippen LogP contribution in [-0.4, -0.2) is 64.6 Å². The number of anilines is 2. The van der Waals surface area contributed by atoms with Gasteiger partial charge in [0.2, 0.25) is 0 Å². The number of carbonyl (C=O) groups is 2. The first-order valence-electron chi connectivity index (χ1n) is 14.9. The lowest BCUT2D eigenvalue weighted by molar-refractivity contribution is -0.133. The first-order chi connectivity index (χ1) is 21.3. The summed E-state index contributed by atoms with van der Waals surface area (Å²) in [4.78, 5) is 28.8. The molecule has 6 rings (SSSR count). The van der Waals surface area contributed by atoms with Crippen molar-refractivity contribution in [3.8, 4) is 0 Å². The molecule has 0 bridgehead atoms. The molecule has 2 aromatic carbocycles. The van der Waals surface area contributed by atoms with Crippen LogP contribution in [0.4, 0.5) is 16.4 Å². The van der Waals surface area contributed by atoms with Gasteiger partial charge in [-0.15, -0.1) is 4.73 Å². The number of likely N-dealkylation sites (N-methyl/N-ethyl adjacent to an activating group) is 1. The van der Waals surface area contributed by atoms with Crippen LogP contribution >= 0.6 is 23.2 Å². The largest absolute Gasteiger partial charge is 0.433 e. The van der Waals surface area contributed by atoms with Crippen LogP contribution in [-0.2, 0) is 9.53 Å². The first-order valence-corrected chi connectivity index (χ1v) is 15.7. The Bertz CT molecular complexity index is 1590. The Morgan fingerprint density at radius 1 is 1.02 bits per heavy atom. The van der Waals surface area contributed by atoms with Crippen LogP contribution in [0.25, 0.3) is 0 Å². The van der Waals surface area contributed by atoms with Crippen LogP contribution in [0, 0.1) is 5.41 Å². The fraction of sp³-hybridized carbons (Fsp3) is 0.438. The molecule has 1 aliphatic carbocycles. The SMILES string of the molecule is CN1C(=O)OC(C)(C)C1=O.CN[C@H]1CC[C@@H](c2ccc(Cl)c(Cl)c2)c2ccccc21.N=c1nc(N2CCCCC2)cc(N)n1O. The second kappa shape index (κ2) is 14.5. The second-order valence-corrected chi connectivity index (χ2v) is 12.6. The van der Waals surface area contributed by atoms with Crippen molar-refractivity contribution in [3.05, 3.63) is 80.9 Å². The van der Waals surface area contributed by atoms with E-state index in [1.807, 2.05) is 19.2 Å². The number of imide groups is 1. The van der Waals surface area contributed by atoms with Crippen molar-refractivity contribution < 1.29 is 19.5 Å². The summed E-state index contributed by atoms with van der Waals surface area (Å²) < 4.78 is 5.29. The number of nitrogen functional groups attached to an aromatic ring is 1. The smallest absolute Gasteiger partial charge is 0.417 e. The van der Waals surface area contributed by atoms with Gasteiger partial charge in [-0.1, -0.05) is 53.5 Å². The molecule has 0 unspecified atom stereocenters. The molecule has 2 saturated heterocycles. The number of nitrogens with zero attached hydrogens (tertiary/aromatic N) is 4. The molecule has 45 heavy (non-hydrogen) atoms. The number of nitrogens with one attached hydrogen (secondary N) is 2. The predicted octanol–water partition coefficient (Wildman–Crippen LogP) is 5.73. The van der Waals surface area contributed by atoms with Gasteiger partial charge < -0.3 is 25.9 Å². The number of amides is 2. The average Bonchev–Trinajstić information content (AvgIpc) is 3.21. The minimum atomic E-state index is -0.966. The minimum Gasteiger partial charge on any atom is -0.433 e. The van der Waals surface area contributed by atoms with E-state index in [4.69, 9.17) is 39.1 Å². The molecule has 11 nitrogen and oxygen atoms in total. The zero-order chi connectivity index (χ0) is 32.9. The zero-order valence-electron chi connectivity index (χ0n) is 26.0. The van der Waals surface area contributed by atoms with Crippen LogP contribution in [0.1, 0.15) is 74.6 Å². The van der Waals surface area contributed by atoms with Crippen molar-refractivity contribution in [1.82, 2.24) is 19.9 Å². The van der Waals surface area contributed by atoms with Gasteiger partial charge in [-0.25, -0.2) is 9.69 Å². The van der Waals surface area contributed by atoms with Gasteiger partial charge in [0.25, 0.3) is 11.5 Å². The molecule has 0 radical (unpaired) electrons. The van der Waals surface area contributed by atoms with Crippen molar-refractivity contribution in [3.63, 3.8) is 0 Å². The standard InChI is InChI=1S/C17H17Cl2N.C9H15N5O.C6H9NO3/c1-20-17-9-7-12(13-4-2-3-5-14(13)17)11-6-8-15(18)16(19)10-11;10-7-6-8(12-9(11)14(7)15)13-4-2-1-3-5-13;1-6(2)4(8)7(3)5(9)10-6/h2-6,8,10,12,17,20H,7,9H2,1H3;6,11,15H,1-5,10H2;1-3H3/t12-,17-;;/m0../s1. The number of hydrogen-bond donors (Lipinski definition) is 4. The molecular weight excluding hydrogens is 617 g/mol. The number of carbonyl (C=O) groups excluding carboxylic acids is 2. The molecule has 1 aromatic heterocycles. The molecule has 2 fully saturated rings. The Morgan fingerprint density at radius 3 is 2.22 bits per heavy atom. The molecule has 2 atom stereocenters. The third-order valence-corrected chi connectivity index (χ3v) is 8.98. The van der Waals surface area contributed by atoms with E-state index in [1.165, 1.54) is 30.2 Å². The number of halogens is 2. The minimum absolute atomic E-state index is 0.149. The summed E-state index contributed by atoms with van der Waals surface area (Å²) in [5, 5.41) is 21.3. The van der Waals surface area contributed by atoms with E-state index in [0.29, 0.717) is 32.6 Å². The Balaban J connectivity index is 0.000000163. The lowest BCUT2D eigenvalue weighted by Gasteiger charge is -2.32. The van der Waals surface area contributed by atoms with E-state index < -0.39 is 11.7 Å². The van der Waals surface area contributed by atoms with Gasteiger partial charge in [0, 0.05) is 38.2 Å². The van der Waals surface area contributed by atoms with Crippen molar-refractivity contribution in [2.24, 2.45) is 0 Å². The van der Waals surface area contributed by atoms with Crippen LogP contribution in [0.15, 0.2) is 48.5 Å². The van der Waals surface area contributed by atoms with Gasteiger partial charge in [-0.05, 0) is 81.8 Å². The molecule has 3 aromatic rings. The van der Waals surface area contributed by atoms with Crippen molar-refractivity contribution in [1.29, 1.82) is 5.41 Å². The second-order valence-electron chi connectivity index (χ2n) is 11.7. The lowest BCUT2D eigenvalue weighted by Crippen LogP contribution is -2.33. The number of hydrogen-bond acceptors (Lipinski definition) is 9. The third-order valence-electron chi connectivity index (χ3n) is 8.24. The Hall–Kier alpha value is -3.80. The average molecular weight is 659 g/mol. The maximum Gasteiger partial charge on any atom is 0.417 e. The van der Waals surface area contributed by atoms with Crippen LogP contribution in [0.5, 0.6) is 0 Å². The monoisotopic (exact) mass is 657 g/mol. The number of aromatic nitrogens is 2. The first kappa shape index (κ1) is 34.1. The highest BCUT2D eigenvalue weighted by Crippen LogP contribution is 2.42. The quantitative estimate of drug-likeness (QED) is 0.261. The van der Waals surface area contributed by atoms with Crippen LogP contribution < -0.4 is 21.6 Å². The van der Waals surface area contributed by atoms with E-state index in [2.05, 4.69) is 45.5 Å². The summed E-state index contributed by atoms with van der Waals surface area (Å²) in [6.45, 7) is 5.02. The van der Waals surface area contributed by atoms with Gasteiger partial charge >= 0.3 is 6.09 Å². The van der Waals surface area contributed by atoms with Crippen LogP contribution in [0.3, 0.4) is 0 Å². The number of ether oxygens (including phenoxy) is 1. The highest BCUT2D eigenvalue weighted by molar-refractivity contribution is 6.42. The molecule has 0 saturated carbocycles. The number of nitrogens with two attached hydrogens (primary N) is 1. The maximum atomic E-state index is 11.0. The molecule has 3 heterocycles. The predicted molar refractivity (Wildman–Crippen MR) is 175 cm³/mol. The van der Waals surface area contributed by atoms with Gasteiger partial charge in [0.15, 0.2) is 5.60 Å². The zero-order valence-corrected chi connectivity index (χ0v) is 27.5. The molecule has 2 amide bonds. The number of fused-ring (bicyclic) bond motifs is 1. The normalized spacial score (nSPS) is 20.3. The highest BCUT2D eigenvalue weighted by atomic mass is 35.5. The third kappa shape index (κ3) is 7.89. The van der Waals surface area contributed by atoms with E-state index in [1.54, 1.807) is 19.9 Å². The summed E-state index contributed by atoms with van der Waals surface area (Å²) in [6.07, 6.45) is 5.21. The number of piperidine rings is 1. The summed E-state index contributed by atoms with van der Waals surface area (Å²) in [6, 6.07) is 16.7. The molecule has 5 N–H and O–H groups in total. The topological polar surface area (TPSA) is 150 Å². The Labute approximate surface area is 273 Å². The maximum absolute atomic E-state index is 11.0. The molecular formula is C32H41Cl2N7O4. The molecule has 3 aliphatic rings. The fourth-order valence-electron chi connectivity index (χ4n) is 5.77. The van der Waals surface area contributed by atoms with Gasteiger partial charge in [0.05, 0.1) is 10.0 Å². The number of rotatable bonds is 3. The summed E-state index contributed by atoms with van der Waals surface area (Å²) >= 11 is 12.2. The van der Waals surface area contributed by atoms with E-state index in [0.717, 1.165) is 43.7 Å². The lowest BCUT2D eigenvalue weighted by atomic mass is 9.77. The van der Waals surface area contributed by atoms with Gasteiger partial charge in [0.1, 0.15) is 11.6 Å².